The number of nitrogens with one attached hydrogen (secondary N) is 1. The van der Waals surface area contributed by atoms with Gasteiger partial charge in [0.25, 0.3) is 0 Å². The summed E-state index contributed by atoms with van der Waals surface area (Å²) >= 11 is 1.50. The lowest BCUT2D eigenvalue weighted by molar-refractivity contribution is 0.475. The van der Waals surface area contributed by atoms with E-state index in [1.54, 1.807) is 24.3 Å². The monoisotopic (exact) mass is 388 g/mol. The van der Waals surface area contributed by atoms with Crippen LogP contribution in [0.5, 0.6) is 5.75 Å². The molecule has 0 aliphatic rings. The van der Waals surface area contributed by atoms with E-state index in [2.05, 4.69) is 9.71 Å². The Morgan fingerprint density at radius 2 is 1.92 bits per heavy atom. The van der Waals surface area contributed by atoms with Gasteiger partial charge in [-0.05, 0) is 36.8 Å². The van der Waals surface area contributed by atoms with Crippen LogP contribution in [0.4, 0.5) is 0 Å². The van der Waals surface area contributed by atoms with Crippen LogP contribution in [0.15, 0.2) is 53.9 Å². The van der Waals surface area contributed by atoms with E-state index in [0.717, 1.165) is 27.4 Å². The van der Waals surface area contributed by atoms with Gasteiger partial charge in [0.1, 0.15) is 5.75 Å². The SMILES string of the molecule is Cc1cccc(CS(=O)(=O)NCCc2nc(-c3ccc(O)cc3)cs2)c1. The molecule has 1 heterocycles. The maximum Gasteiger partial charge on any atom is 0.215 e. The van der Waals surface area contributed by atoms with Crippen molar-refractivity contribution < 1.29 is 13.5 Å². The molecule has 7 heteroatoms. The van der Waals surface area contributed by atoms with Crippen LogP contribution in [0, 0.1) is 6.92 Å². The Labute approximate surface area is 157 Å². The van der Waals surface area contributed by atoms with Crippen LogP contribution < -0.4 is 4.72 Å². The highest BCUT2D eigenvalue weighted by Gasteiger charge is 2.12. The number of aromatic hydroxyl groups is 1. The number of benzene rings is 2. The van der Waals surface area contributed by atoms with Crippen LogP contribution in [0.2, 0.25) is 0 Å². The van der Waals surface area contributed by atoms with E-state index in [-0.39, 0.29) is 11.5 Å². The quantitative estimate of drug-likeness (QED) is 0.649. The first-order valence-electron chi connectivity index (χ1n) is 8.18. The third kappa shape index (κ3) is 5.14. The first-order valence-corrected chi connectivity index (χ1v) is 10.7. The molecule has 0 unspecified atom stereocenters. The molecule has 0 fully saturated rings. The smallest absolute Gasteiger partial charge is 0.215 e. The molecule has 1 aromatic heterocycles. The van der Waals surface area contributed by atoms with E-state index in [0.29, 0.717) is 13.0 Å². The second kappa shape index (κ2) is 7.99. The number of hydrogen-bond donors (Lipinski definition) is 2. The molecule has 136 valence electrons. The minimum Gasteiger partial charge on any atom is -0.508 e. The molecule has 0 amide bonds. The zero-order valence-electron chi connectivity index (χ0n) is 14.3. The Kier molecular flexibility index (Phi) is 5.70. The third-order valence-electron chi connectivity index (χ3n) is 3.81. The van der Waals surface area contributed by atoms with Crippen molar-refractivity contribution in [2.45, 2.75) is 19.1 Å². The molecule has 0 aliphatic carbocycles. The van der Waals surface area contributed by atoms with Crippen LogP contribution in [0.1, 0.15) is 16.1 Å². The minimum absolute atomic E-state index is 0.0225. The Bertz CT molecular complexity index is 980. The number of phenolic OH excluding ortho intramolecular Hbond substituents is 1. The maximum atomic E-state index is 12.2. The van der Waals surface area contributed by atoms with Gasteiger partial charge in [0.15, 0.2) is 0 Å². The minimum atomic E-state index is -3.37. The maximum absolute atomic E-state index is 12.2. The number of rotatable bonds is 7. The number of aromatic nitrogens is 1. The van der Waals surface area contributed by atoms with Gasteiger partial charge in [-0.25, -0.2) is 18.1 Å². The molecule has 0 radical (unpaired) electrons. The number of nitrogens with zero attached hydrogens (tertiary/aromatic N) is 1. The second-order valence-corrected chi connectivity index (χ2v) is 8.82. The summed E-state index contributed by atoms with van der Waals surface area (Å²) in [6, 6.07) is 14.3. The van der Waals surface area contributed by atoms with Gasteiger partial charge in [-0.2, -0.15) is 0 Å². The number of thiazole rings is 1. The predicted molar refractivity (Wildman–Crippen MR) is 105 cm³/mol. The van der Waals surface area contributed by atoms with E-state index in [9.17, 15) is 13.5 Å². The first kappa shape index (κ1) is 18.6. The predicted octanol–water partition coefficient (Wildman–Crippen LogP) is 3.49. The fraction of sp³-hybridized carbons (Fsp3) is 0.211. The number of aryl methyl sites for hydroxylation is 1. The van der Waals surface area contributed by atoms with Gasteiger partial charge in [0.2, 0.25) is 10.0 Å². The summed E-state index contributed by atoms with van der Waals surface area (Å²) in [4.78, 5) is 4.53. The van der Waals surface area contributed by atoms with Crippen molar-refractivity contribution in [3.8, 4) is 17.0 Å². The van der Waals surface area contributed by atoms with Gasteiger partial charge in [-0.1, -0.05) is 29.8 Å². The number of sulfonamides is 1. The van der Waals surface area contributed by atoms with E-state index in [4.69, 9.17) is 0 Å². The topological polar surface area (TPSA) is 79.3 Å². The molecule has 0 spiro atoms. The summed E-state index contributed by atoms with van der Waals surface area (Å²) < 4.78 is 27.1. The van der Waals surface area contributed by atoms with Gasteiger partial charge in [0, 0.05) is 23.9 Å². The molecular formula is C19H20N2O3S2. The molecule has 0 saturated carbocycles. The normalized spacial score (nSPS) is 11.6. The van der Waals surface area contributed by atoms with Gasteiger partial charge < -0.3 is 5.11 Å². The highest BCUT2D eigenvalue weighted by molar-refractivity contribution is 7.88. The Hall–Kier alpha value is -2.22. The Balaban J connectivity index is 1.55. The Morgan fingerprint density at radius 1 is 1.15 bits per heavy atom. The standard InChI is InChI=1S/C19H20N2O3S2/c1-14-3-2-4-15(11-14)13-26(23,24)20-10-9-19-21-18(12-25-19)16-5-7-17(22)8-6-16/h2-8,11-12,20,22H,9-10,13H2,1H3. The molecule has 5 nitrogen and oxygen atoms in total. The second-order valence-electron chi connectivity index (χ2n) is 6.07. The Morgan fingerprint density at radius 3 is 2.65 bits per heavy atom. The number of phenols is 1. The lowest BCUT2D eigenvalue weighted by Crippen LogP contribution is -2.27. The molecule has 0 aliphatic heterocycles. The lowest BCUT2D eigenvalue weighted by Gasteiger charge is -2.06. The summed E-state index contributed by atoms with van der Waals surface area (Å²) in [5.41, 5.74) is 3.57. The average molecular weight is 389 g/mol. The molecule has 0 atom stereocenters. The summed E-state index contributed by atoms with van der Waals surface area (Å²) in [5, 5.41) is 12.1. The molecule has 0 saturated heterocycles. The van der Waals surface area contributed by atoms with Crippen molar-refractivity contribution in [3.05, 3.63) is 70.0 Å². The summed E-state index contributed by atoms with van der Waals surface area (Å²) in [5.74, 6) is 0.193. The van der Waals surface area contributed by atoms with E-state index in [1.807, 2.05) is 36.6 Å². The fourth-order valence-electron chi connectivity index (χ4n) is 2.58. The van der Waals surface area contributed by atoms with Crippen molar-refractivity contribution in [3.63, 3.8) is 0 Å². The molecule has 2 aromatic carbocycles. The van der Waals surface area contributed by atoms with Gasteiger partial charge in [-0.3, -0.25) is 0 Å². The first-order chi connectivity index (χ1) is 12.4. The molecule has 0 bridgehead atoms. The van der Waals surface area contributed by atoms with E-state index in [1.165, 1.54) is 11.3 Å². The number of hydrogen-bond acceptors (Lipinski definition) is 5. The highest BCUT2D eigenvalue weighted by Crippen LogP contribution is 2.23. The van der Waals surface area contributed by atoms with Crippen molar-refractivity contribution >= 4 is 21.4 Å². The molecule has 26 heavy (non-hydrogen) atoms. The largest absolute Gasteiger partial charge is 0.508 e. The van der Waals surface area contributed by atoms with Gasteiger partial charge >= 0.3 is 0 Å². The van der Waals surface area contributed by atoms with Crippen LogP contribution in [-0.2, 0) is 22.2 Å². The molecular weight excluding hydrogens is 368 g/mol. The van der Waals surface area contributed by atoms with E-state index < -0.39 is 10.0 Å². The van der Waals surface area contributed by atoms with Crippen molar-refractivity contribution in [1.82, 2.24) is 9.71 Å². The van der Waals surface area contributed by atoms with Crippen molar-refractivity contribution in [1.29, 1.82) is 0 Å². The van der Waals surface area contributed by atoms with Crippen LogP contribution in [0.25, 0.3) is 11.3 Å². The zero-order chi connectivity index (χ0) is 18.6. The van der Waals surface area contributed by atoms with Crippen molar-refractivity contribution in [2.24, 2.45) is 0 Å². The van der Waals surface area contributed by atoms with Crippen LogP contribution in [0.3, 0.4) is 0 Å². The summed E-state index contributed by atoms with van der Waals surface area (Å²) in [6.07, 6.45) is 0.537. The molecule has 3 rings (SSSR count). The van der Waals surface area contributed by atoms with Gasteiger partial charge in [-0.15, -0.1) is 11.3 Å². The lowest BCUT2D eigenvalue weighted by atomic mass is 10.2. The van der Waals surface area contributed by atoms with Crippen LogP contribution >= 0.6 is 11.3 Å². The van der Waals surface area contributed by atoms with Crippen LogP contribution in [-0.4, -0.2) is 25.1 Å². The molecule has 2 N–H and O–H groups in total. The zero-order valence-corrected chi connectivity index (χ0v) is 16.0. The van der Waals surface area contributed by atoms with E-state index >= 15 is 0 Å². The third-order valence-corrected chi connectivity index (χ3v) is 6.08. The highest BCUT2D eigenvalue weighted by atomic mass is 32.2. The average Bonchev–Trinajstić information content (AvgIpc) is 3.04. The van der Waals surface area contributed by atoms with Crippen molar-refractivity contribution in [2.75, 3.05) is 6.54 Å². The van der Waals surface area contributed by atoms with Gasteiger partial charge in [0.05, 0.1) is 16.5 Å². The fourth-order valence-corrected chi connectivity index (χ4v) is 4.52. The summed E-state index contributed by atoms with van der Waals surface area (Å²) in [7, 11) is -3.37. The molecule has 3 aromatic rings. The summed E-state index contributed by atoms with van der Waals surface area (Å²) in [6.45, 7) is 2.26.